The second-order valence-electron chi connectivity index (χ2n) is 9.54. The summed E-state index contributed by atoms with van der Waals surface area (Å²) in [4.78, 5) is 24.5. The molecule has 9 heteroatoms. The number of imidazole rings is 1. The standard InChI is InChI=1S/C30H28N8S/c1-5-6-7-18(4)33-20-14-19(15-31-16-20)21-8-9-23-27(34-21)29(38-37-23)30-35-22-12-13-32-28(26(22)36-30)25-11-10-24(39-25)17(2)3/h8-16,33H,2,4-7H2,1,3H3,(H,35,36)(H,37,38). The Morgan fingerprint density at radius 3 is 2.69 bits per heavy atom. The molecule has 0 bridgehead atoms. The van der Waals surface area contributed by atoms with Gasteiger partial charge in [-0.2, -0.15) is 5.10 Å². The Bertz CT molecular complexity index is 1840. The van der Waals surface area contributed by atoms with E-state index in [0.29, 0.717) is 11.5 Å². The molecule has 6 heterocycles. The minimum atomic E-state index is 0.632. The number of unbranched alkanes of at least 4 members (excludes halogenated alkanes) is 1. The monoisotopic (exact) mass is 532 g/mol. The average Bonchev–Trinajstić information content (AvgIpc) is 3.69. The molecule has 0 aromatic carbocycles. The van der Waals surface area contributed by atoms with Crippen molar-refractivity contribution in [3.63, 3.8) is 0 Å². The minimum absolute atomic E-state index is 0.632. The zero-order valence-electron chi connectivity index (χ0n) is 21.9. The van der Waals surface area contributed by atoms with Crippen LogP contribution >= 0.6 is 11.3 Å². The van der Waals surface area contributed by atoms with Gasteiger partial charge in [0.05, 0.1) is 33.5 Å². The summed E-state index contributed by atoms with van der Waals surface area (Å²) in [7, 11) is 0. The fourth-order valence-electron chi connectivity index (χ4n) is 4.45. The van der Waals surface area contributed by atoms with E-state index >= 15 is 0 Å². The summed E-state index contributed by atoms with van der Waals surface area (Å²) in [6, 6.07) is 12.1. The van der Waals surface area contributed by atoms with Crippen molar-refractivity contribution >= 4 is 44.7 Å². The van der Waals surface area contributed by atoms with Crippen LogP contribution in [0.5, 0.6) is 0 Å². The van der Waals surface area contributed by atoms with Crippen molar-refractivity contribution in [2.45, 2.75) is 33.1 Å². The van der Waals surface area contributed by atoms with Crippen molar-refractivity contribution in [1.82, 2.24) is 35.1 Å². The molecule has 3 N–H and O–H groups in total. The minimum Gasteiger partial charge on any atom is -0.358 e. The van der Waals surface area contributed by atoms with Crippen LogP contribution in [-0.4, -0.2) is 35.1 Å². The predicted molar refractivity (Wildman–Crippen MR) is 160 cm³/mol. The Labute approximate surface area is 230 Å². The van der Waals surface area contributed by atoms with Crippen LogP contribution in [0.2, 0.25) is 0 Å². The van der Waals surface area contributed by atoms with Gasteiger partial charge in [-0.1, -0.05) is 26.5 Å². The third kappa shape index (κ3) is 4.84. The topological polar surface area (TPSA) is 108 Å². The second kappa shape index (κ2) is 10.3. The lowest BCUT2D eigenvalue weighted by Gasteiger charge is -2.10. The molecule has 0 saturated carbocycles. The molecule has 194 valence electrons. The molecule has 0 unspecified atom stereocenters. The summed E-state index contributed by atoms with van der Waals surface area (Å²) < 4.78 is 0. The molecule has 0 spiro atoms. The van der Waals surface area contributed by atoms with E-state index < -0.39 is 0 Å². The van der Waals surface area contributed by atoms with Gasteiger partial charge in [0, 0.05) is 28.5 Å². The molecule has 0 atom stereocenters. The third-order valence-electron chi connectivity index (χ3n) is 6.48. The van der Waals surface area contributed by atoms with Crippen molar-refractivity contribution in [2.75, 3.05) is 5.32 Å². The van der Waals surface area contributed by atoms with Gasteiger partial charge in [0.15, 0.2) is 11.5 Å². The number of aromatic amines is 2. The molecular formula is C30H28N8S. The lowest BCUT2D eigenvalue weighted by Crippen LogP contribution is -1.99. The van der Waals surface area contributed by atoms with Crippen LogP contribution < -0.4 is 5.32 Å². The van der Waals surface area contributed by atoms with E-state index in [1.165, 1.54) is 0 Å². The Kier molecular flexibility index (Phi) is 6.50. The maximum Gasteiger partial charge on any atom is 0.161 e. The molecule has 6 rings (SSSR count). The van der Waals surface area contributed by atoms with Crippen LogP contribution in [-0.2, 0) is 0 Å². The summed E-state index contributed by atoms with van der Waals surface area (Å²) >= 11 is 1.66. The largest absolute Gasteiger partial charge is 0.358 e. The van der Waals surface area contributed by atoms with Gasteiger partial charge in [-0.15, -0.1) is 11.3 Å². The number of allylic oxidation sites excluding steroid dienone is 2. The zero-order valence-corrected chi connectivity index (χ0v) is 22.7. The molecule has 0 saturated heterocycles. The van der Waals surface area contributed by atoms with Crippen LogP contribution in [0.4, 0.5) is 5.69 Å². The van der Waals surface area contributed by atoms with Crippen molar-refractivity contribution in [3.8, 4) is 33.3 Å². The number of thiophene rings is 1. The van der Waals surface area contributed by atoms with E-state index in [4.69, 9.17) is 9.97 Å². The molecule has 0 radical (unpaired) electrons. The average molecular weight is 533 g/mol. The lowest BCUT2D eigenvalue weighted by molar-refractivity contribution is 0.791. The summed E-state index contributed by atoms with van der Waals surface area (Å²) in [5.41, 5.74) is 9.32. The maximum absolute atomic E-state index is 4.96. The number of rotatable bonds is 9. The fraction of sp³-hybridized carbons (Fsp3) is 0.167. The highest BCUT2D eigenvalue weighted by atomic mass is 32.1. The number of hydrogen-bond acceptors (Lipinski definition) is 7. The molecule has 0 aliphatic carbocycles. The maximum atomic E-state index is 4.96. The van der Waals surface area contributed by atoms with Gasteiger partial charge in [0.1, 0.15) is 16.7 Å². The van der Waals surface area contributed by atoms with Crippen LogP contribution in [0.25, 0.3) is 61.0 Å². The van der Waals surface area contributed by atoms with Crippen LogP contribution in [0.3, 0.4) is 0 Å². The number of hydrogen-bond donors (Lipinski definition) is 3. The molecule has 6 aromatic heterocycles. The van der Waals surface area contributed by atoms with E-state index in [1.807, 2.05) is 37.4 Å². The number of aromatic nitrogens is 7. The van der Waals surface area contributed by atoms with Gasteiger partial charge in [-0.3, -0.25) is 15.1 Å². The van der Waals surface area contributed by atoms with Crippen LogP contribution in [0, 0.1) is 0 Å². The fourth-order valence-corrected chi connectivity index (χ4v) is 5.38. The Morgan fingerprint density at radius 2 is 1.87 bits per heavy atom. The Morgan fingerprint density at radius 1 is 1.00 bits per heavy atom. The first-order valence-electron chi connectivity index (χ1n) is 12.9. The van der Waals surface area contributed by atoms with Crippen LogP contribution in [0.1, 0.15) is 38.0 Å². The number of nitrogens with one attached hydrogen (secondary N) is 3. The van der Waals surface area contributed by atoms with E-state index in [1.54, 1.807) is 23.7 Å². The first kappa shape index (κ1) is 24.7. The van der Waals surface area contributed by atoms with Gasteiger partial charge in [-0.05, 0) is 61.7 Å². The highest BCUT2D eigenvalue weighted by Crippen LogP contribution is 2.35. The van der Waals surface area contributed by atoms with E-state index in [-0.39, 0.29) is 0 Å². The third-order valence-corrected chi connectivity index (χ3v) is 7.73. The molecule has 39 heavy (non-hydrogen) atoms. The van der Waals surface area contributed by atoms with Gasteiger partial charge in [0.2, 0.25) is 0 Å². The smallest absolute Gasteiger partial charge is 0.161 e. The molecule has 8 nitrogen and oxygen atoms in total. The highest BCUT2D eigenvalue weighted by Gasteiger charge is 2.18. The van der Waals surface area contributed by atoms with Crippen molar-refractivity contribution < 1.29 is 0 Å². The van der Waals surface area contributed by atoms with Crippen molar-refractivity contribution in [3.05, 3.63) is 78.7 Å². The molecule has 0 aliphatic rings. The van der Waals surface area contributed by atoms with Gasteiger partial charge in [-0.25, -0.2) is 9.97 Å². The molecule has 6 aromatic rings. The van der Waals surface area contributed by atoms with E-state index in [2.05, 4.69) is 62.7 Å². The zero-order chi connectivity index (χ0) is 26.9. The van der Waals surface area contributed by atoms with Crippen molar-refractivity contribution in [2.24, 2.45) is 0 Å². The van der Waals surface area contributed by atoms with Crippen LogP contribution in [0.15, 0.2) is 73.8 Å². The van der Waals surface area contributed by atoms with Crippen molar-refractivity contribution in [1.29, 1.82) is 0 Å². The van der Waals surface area contributed by atoms with E-state index in [0.717, 1.165) is 85.0 Å². The summed E-state index contributed by atoms with van der Waals surface area (Å²) in [6.45, 7) is 12.4. The van der Waals surface area contributed by atoms with Gasteiger partial charge >= 0.3 is 0 Å². The van der Waals surface area contributed by atoms with Gasteiger partial charge < -0.3 is 10.3 Å². The SMILES string of the molecule is C=C(CCCC)Nc1cncc(-c2ccc3[nH]nc(-c4nc5c(-c6ccc(C(=C)C)s6)nccc5[nH]4)c3n2)c1. The highest BCUT2D eigenvalue weighted by molar-refractivity contribution is 7.16. The first-order valence-corrected chi connectivity index (χ1v) is 13.7. The number of anilines is 1. The number of pyridine rings is 3. The first-order chi connectivity index (χ1) is 19.0. The normalized spacial score (nSPS) is 11.3. The second-order valence-corrected chi connectivity index (χ2v) is 10.6. The molecule has 0 amide bonds. The molecular weight excluding hydrogens is 504 g/mol. The number of nitrogens with zero attached hydrogens (tertiary/aromatic N) is 5. The molecule has 0 fully saturated rings. The predicted octanol–water partition coefficient (Wildman–Crippen LogP) is 7.84. The van der Waals surface area contributed by atoms with E-state index in [9.17, 15) is 0 Å². The Balaban J connectivity index is 1.36. The quantitative estimate of drug-likeness (QED) is 0.175. The molecule has 0 aliphatic heterocycles. The number of fused-ring (bicyclic) bond motifs is 2. The lowest BCUT2D eigenvalue weighted by atomic mass is 10.1. The summed E-state index contributed by atoms with van der Waals surface area (Å²) in [6.07, 6.45) is 8.57. The number of H-pyrrole nitrogens is 2. The summed E-state index contributed by atoms with van der Waals surface area (Å²) in [5.74, 6) is 0.632. The van der Waals surface area contributed by atoms with Gasteiger partial charge in [0.25, 0.3) is 0 Å². The Hall–Kier alpha value is -4.63. The summed E-state index contributed by atoms with van der Waals surface area (Å²) in [5, 5.41) is 11.0.